The molecule has 2 aliphatic rings. The molecule has 4 heterocycles. The smallest absolute Gasteiger partial charge is 0.225 e. The molecule has 0 aromatic carbocycles. The Morgan fingerprint density at radius 1 is 1.26 bits per heavy atom. The van der Waals surface area contributed by atoms with Crippen LogP contribution in [0, 0.1) is 11.7 Å². The highest BCUT2D eigenvalue weighted by Crippen LogP contribution is 2.50. The molecule has 0 bridgehead atoms. The van der Waals surface area contributed by atoms with Crippen LogP contribution >= 0.6 is 11.8 Å². The van der Waals surface area contributed by atoms with Gasteiger partial charge in [-0.3, -0.25) is 9.98 Å². The quantitative estimate of drug-likeness (QED) is 0.897. The average Bonchev–Trinajstić information content (AvgIpc) is 2.96. The molecule has 118 valence electrons. The molecule has 0 spiro atoms. The van der Waals surface area contributed by atoms with E-state index in [9.17, 15) is 4.39 Å². The van der Waals surface area contributed by atoms with Crippen LogP contribution in [0.5, 0.6) is 0 Å². The van der Waals surface area contributed by atoms with Crippen LogP contribution in [0.15, 0.2) is 41.9 Å². The first-order valence-electron chi connectivity index (χ1n) is 7.29. The van der Waals surface area contributed by atoms with E-state index >= 15 is 0 Å². The SMILES string of the molecule is NC1=NC[C@H]2CN(c3ncc(F)cn3)C[C@]2(c2ccncc2)S1. The third-order valence-electron chi connectivity index (χ3n) is 4.34. The normalized spacial score (nSPS) is 26.7. The molecule has 1 saturated heterocycles. The van der Waals surface area contributed by atoms with Crippen LogP contribution in [0.1, 0.15) is 5.56 Å². The Morgan fingerprint density at radius 3 is 2.74 bits per heavy atom. The van der Waals surface area contributed by atoms with E-state index in [0.717, 1.165) is 6.54 Å². The fraction of sp³-hybridized carbons (Fsp3) is 0.333. The predicted octanol–water partition coefficient (Wildman–Crippen LogP) is 1.40. The predicted molar refractivity (Wildman–Crippen MR) is 87.7 cm³/mol. The van der Waals surface area contributed by atoms with E-state index in [0.29, 0.717) is 24.2 Å². The summed E-state index contributed by atoms with van der Waals surface area (Å²) in [5.41, 5.74) is 7.19. The highest BCUT2D eigenvalue weighted by Gasteiger charge is 2.51. The van der Waals surface area contributed by atoms with Gasteiger partial charge in [0.05, 0.1) is 17.1 Å². The van der Waals surface area contributed by atoms with Crippen molar-refractivity contribution in [3.63, 3.8) is 0 Å². The van der Waals surface area contributed by atoms with Gasteiger partial charge >= 0.3 is 0 Å². The molecule has 4 rings (SSSR count). The highest BCUT2D eigenvalue weighted by molar-refractivity contribution is 8.14. The summed E-state index contributed by atoms with van der Waals surface area (Å²) >= 11 is 1.59. The van der Waals surface area contributed by atoms with Gasteiger partial charge in [-0.1, -0.05) is 11.8 Å². The molecule has 23 heavy (non-hydrogen) atoms. The number of nitrogens with zero attached hydrogens (tertiary/aromatic N) is 5. The Labute approximate surface area is 137 Å². The fourth-order valence-electron chi connectivity index (χ4n) is 3.27. The summed E-state index contributed by atoms with van der Waals surface area (Å²) in [5.74, 6) is 0.389. The Hall–Kier alpha value is -2.22. The maximum absolute atomic E-state index is 13.1. The van der Waals surface area contributed by atoms with Crippen molar-refractivity contribution in [2.24, 2.45) is 16.6 Å². The van der Waals surface area contributed by atoms with Gasteiger partial charge in [0.15, 0.2) is 11.0 Å². The minimum absolute atomic E-state index is 0.202. The lowest BCUT2D eigenvalue weighted by molar-refractivity contribution is 0.487. The monoisotopic (exact) mass is 330 g/mol. The third-order valence-corrected chi connectivity index (χ3v) is 5.74. The third kappa shape index (κ3) is 2.42. The van der Waals surface area contributed by atoms with Gasteiger partial charge in [0.1, 0.15) is 0 Å². The molecule has 8 heteroatoms. The van der Waals surface area contributed by atoms with E-state index < -0.39 is 5.82 Å². The van der Waals surface area contributed by atoms with Crippen molar-refractivity contribution in [2.75, 3.05) is 24.5 Å². The van der Waals surface area contributed by atoms with Crippen molar-refractivity contribution in [1.29, 1.82) is 0 Å². The molecule has 0 unspecified atom stereocenters. The van der Waals surface area contributed by atoms with Gasteiger partial charge in [-0.15, -0.1) is 0 Å². The standard InChI is InChI=1S/C15H15FN6S/c16-12-6-20-14(21-7-12)22-8-11-5-19-13(17)23-15(11,9-22)10-1-3-18-4-2-10/h1-4,6-7,11H,5,8-9H2,(H2,17,19)/t11-,15+/m0/s1. The lowest BCUT2D eigenvalue weighted by atomic mass is 9.88. The van der Waals surface area contributed by atoms with Gasteiger partial charge in [0.25, 0.3) is 0 Å². The molecule has 1 fully saturated rings. The highest BCUT2D eigenvalue weighted by atomic mass is 32.2. The number of anilines is 1. The lowest BCUT2D eigenvalue weighted by Crippen LogP contribution is -2.39. The van der Waals surface area contributed by atoms with Gasteiger partial charge in [-0.25, -0.2) is 14.4 Å². The minimum Gasteiger partial charge on any atom is -0.379 e. The summed E-state index contributed by atoms with van der Waals surface area (Å²) in [6.07, 6.45) is 5.98. The first-order chi connectivity index (χ1) is 11.2. The second-order valence-electron chi connectivity index (χ2n) is 5.69. The van der Waals surface area contributed by atoms with Gasteiger partial charge in [-0.2, -0.15) is 0 Å². The topological polar surface area (TPSA) is 80.3 Å². The number of aliphatic imine (C=N–C) groups is 1. The molecule has 2 aromatic heterocycles. The van der Waals surface area contributed by atoms with Crippen molar-refractivity contribution in [2.45, 2.75) is 4.75 Å². The van der Waals surface area contributed by atoms with Crippen LogP contribution in [-0.4, -0.2) is 39.8 Å². The van der Waals surface area contributed by atoms with E-state index in [1.165, 1.54) is 18.0 Å². The van der Waals surface area contributed by atoms with E-state index in [2.05, 4.69) is 24.8 Å². The minimum atomic E-state index is -0.434. The summed E-state index contributed by atoms with van der Waals surface area (Å²) in [4.78, 5) is 18.8. The van der Waals surface area contributed by atoms with E-state index in [1.807, 2.05) is 12.1 Å². The average molecular weight is 330 g/mol. The van der Waals surface area contributed by atoms with E-state index in [1.54, 1.807) is 24.2 Å². The molecule has 0 radical (unpaired) electrons. The Morgan fingerprint density at radius 2 is 2.00 bits per heavy atom. The van der Waals surface area contributed by atoms with E-state index in [-0.39, 0.29) is 10.7 Å². The molecular weight excluding hydrogens is 315 g/mol. The number of halogens is 1. The van der Waals surface area contributed by atoms with Crippen LogP contribution in [0.2, 0.25) is 0 Å². The molecule has 0 amide bonds. The summed E-state index contributed by atoms with van der Waals surface area (Å²) in [6, 6.07) is 4.04. The number of amidine groups is 1. The second kappa shape index (κ2) is 5.45. The number of thioether (sulfide) groups is 1. The van der Waals surface area contributed by atoms with Gasteiger partial charge in [-0.05, 0) is 17.7 Å². The molecular formula is C15H15FN6S. The summed E-state index contributed by atoms with van der Waals surface area (Å²) < 4.78 is 12.9. The van der Waals surface area contributed by atoms with Crippen LogP contribution in [-0.2, 0) is 4.75 Å². The molecule has 0 aliphatic carbocycles. The molecule has 2 aromatic rings. The largest absolute Gasteiger partial charge is 0.379 e. The summed E-state index contributed by atoms with van der Waals surface area (Å²) in [6.45, 7) is 2.13. The molecule has 0 saturated carbocycles. The number of nitrogens with two attached hydrogens (primary N) is 1. The van der Waals surface area contributed by atoms with Crippen LogP contribution in [0.25, 0.3) is 0 Å². The number of hydrogen-bond acceptors (Lipinski definition) is 7. The fourth-order valence-corrected chi connectivity index (χ4v) is 4.57. The molecule has 2 N–H and O–H groups in total. The van der Waals surface area contributed by atoms with Crippen LogP contribution < -0.4 is 10.6 Å². The maximum atomic E-state index is 13.1. The lowest BCUT2D eigenvalue weighted by Gasteiger charge is -2.36. The number of aromatic nitrogens is 3. The number of fused-ring (bicyclic) bond motifs is 1. The van der Waals surface area contributed by atoms with Crippen LogP contribution in [0.3, 0.4) is 0 Å². The Bertz CT molecular complexity index is 737. The summed E-state index contributed by atoms with van der Waals surface area (Å²) in [7, 11) is 0. The first kappa shape index (κ1) is 14.4. The number of rotatable bonds is 2. The summed E-state index contributed by atoms with van der Waals surface area (Å²) in [5, 5.41) is 0.597. The molecule has 6 nitrogen and oxygen atoms in total. The zero-order valence-electron chi connectivity index (χ0n) is 12.3. The maximum Gasteiger partial charge on any atom is 0.225 e. The van der Waals surface area contributed by atoms with Gasteiger partial charge in [0, 0.05) is 37.9 Å². The molecule has 2 aliphatic heterocycles. The van der Waals surface area contributed by atoms with E-state index in [4.69, 9.17) is 5.73 Å². The van der Waals surface area contributed by atoms with Crippen molar-refractivity contribution in [1.82, 2.24) is 15.0 Å². The Kier molecular flexibility index (Phi) is 3.41. The van der Waals surface area contributed by atoms with Crippen molar-refractivity contribution in [3.05, 3.63) is 48.3 Å². The van der Waals surface area contributed by atoms with Gasteiger partial charge in [0.2, 0.25) is 5.95 Å². The molecule has 2 atom stereocenters. The van der Waals surface area contributed by atoms with Crippen LogP contribution in [0.4, 0.5) is 10.3 Å². The van der Waals surface area contributed by atoms with Crippen molar-refractivity contribution in [3.8, 4) is 0 Å². The number of hydrogen-bond donors (Lipinski definition) is 1. The van der Waals surface area contributed by atoms with Crippen molar-refractivity contribution >= 4 is 22.9 Å². The second-order valence-corrected chi connectivity index (χ2v) is 7.04. The van der Waals surface area contributed by atoms with Crippen molar-refractivity contribution < 1.29 is 4.39 Å². The Balaban J connectivity index is 1.72. The first-order valence-corrected chi connectivity index (χ1v) is 8.11. The zero-order chi connectivity index (χ0) is 15.9. The van der Waals surface area contributed by atoms with Gasteiger partial charge < -0.3 is 10.6 Å². The number of pyridine rings is 1. The zero-order valence-corrected chi connectivity index (χ0v) is 13.1.